The van der Waals surface area contributed by atoms with E-state index in [0.717, 1.165) is 32.1 Å². The Morgan fingerprint density at radius 3 is 2.37 bits per heavy atom. The second-order valence-electron chi connectivity index (χ2n) is 5.02. The van der Waals surface area contributed by atoms with Crippen molar-refractivity contribution < 1.29 is 27.1 Å². The fourth-order valence-corrected chi connectivity index (χ4v) is 2.20. The van der Waals surface area contributed by atoms with Crippen LogP contribution in [0, 0.1) is 5.92 Å². The Hall–Kier alpha value is -0.810. The van der Waals surface area contributed by atoms with Crippen LogP contribution in [0.15, 0.2) is 0 Å². The Morgan fingerprint density at radius 2 is 1.79 bits per heavy atom. The summed E-state index contributed by atoms with van der Waals surface area (Å²) in [7, 11) is 0. The van der Waals surface area contributed by atoms with Crippen molar-refractivity contribution in [1.29, 1.82) is 0 Å². The van der Waals surface area contributed by atoms with Gasteiger partial charge < -0.3 is 4.74 Å². The number of alkyl halides is 4. The maximum atomic E-state index is 12.6. The van der Waals surface area contributed by atoms with Crippen molar-refractivity contribution in [2.75, 3.05) is 6.61 Å². The van der Waals surface area contributed by atoms with Gasteiger partial charge in [0.25, 0.3) is 0 Å². The molecule has 112 valence electrons. The highest BCUT2D eigenvalue weighted by Gasteiger charge is 2.39. The summed E-state index contributed by atoms with van der Waals surface area (Å²) in [6.07, 6.45) is 0.428. The lowest BCUT2D eigenvalue weighted by atomic mass is 9.89. The van der Waals surface area contributed by atoms with Gasteiger partial charge in [0.05, 0.1) is 12.5 Å². The van der Waals surface area contributed by atoms with E-state index >= 15 is 0 Å². The first kappa shape index (κ1) is 16.2. The molecule has 0 aromatic carbocycles. The highest BCUT2D eigenvalue weighted by Crippen LogP contribution is 2.28. The summed E-state index contributed by atoms with van der Waals surface area (Å²) >= 11 is 0. The van der Waals surface area contributed by atoms with Crippen LogP contribution < -0.4 is 0 Å². The van der Waals surface area contributed by atoms with Crippen LogP contribution in [0.1, 0.15) is 51.4 Å². The molecule has 0 saturated heterocycles. The topological polar surface area (TPSA) is 26.3 Å². The number of hydrogen-bond donors (Lipinski definition) is 0. The number of unbranched alkanes of at least 4 members (excludes halogenated alkanes) is 1. The Kier molecular flexibility index (Phi) is 6.58. The molecule has 0 bridgehead atoms. The first-order valence-corrected chi connectivity index (χ1v) is 6.76. The summed E-state index contributed by atoms with van der Waals surface area (Å²) in [5.41, 5.74) is 0. The molecule has 0 aliphatic heterocycles. The monoisotopic (exact) mass is 284 g/mol. The molecular weight excluding hydrogens is 264 g/mol. The highest BCUT2D eigenvalue weighted by molar-refractivity contribution is 5.72. The van der Waals surface area contributed by atoms with Crippen molar-refractivity contribution in [2.45, 2.75) is 63.7 Å². The molecule has 0 heterocycles. The van der Waals surface area contributed by atoms with Crippen molar-refractivity contribution in [3.05, 3.63) is 0 Å². The summed E-state index contributed by atoms with van der Waals surface area (Å²) < 4.78 is 53.8. The third-order valence-electron chi connectivity index (χ3n) is 3.41. The van der Waals surface area contributed by atoms with E-state index in [1.54, 1.807) is 0 Å². The molecule has 1 aliphatic carbocycles. The molecule has 0 spiro atoms. The van der Waals surface area contributed by atoms with Gasteiger partial charge in [0.1, 0.15) is 0 Å². The largest absolute Gasteiger partial charge is 0.465 e. The number of halogens is 4. The molecule has 0 unspecified atom stereocenters. The van der Waals surface area contributed by atoms with Gasteiger partial charge >= 0.3 is 18.3 Å². The molecule has 0 aromatic rings. The minimum atomic E-state index is -3.94. The number of esters is 1. The minimum absolute atomic E-state index is 0.0364. The summed E-state index contributed by atoms with van der Waals surface area (Å²) in [6.45, 7) is 0.0364. The summed E-state index contributed by atoms with van der Waals surface area (Å²) in [6, 6.07) is 0. The van der Waals surface area contributed by atoms with E-state index in [1.165, 1.54) is 0 Å². The first-order chi connectivity index (χ1) is 8.93. The number of hydrogen-bond acceptors (Lipinski definition) is 2. The Balaban J connectivity index is 2.08. The van der Waals surface area contributed by atoms with Crippen LogP contribution >= 0.6 is 0 Å². The maximum Gasteiger partial charge on any atom is 0.308 e. The first-order valence-electron chi connectivity index (χ1n) is 6.76. The quantitative estimate of drug-likeness (QED) is 0.398. The molecule has 0 radical (unpaired) electrons. The molecule has 1 saturated carbocycles. The SMILES string of the molecule is O=C(OCCCCC(F)(F)C(F)F)C1CCCCC1. The molecule has 2 nitrogen and oxygen atoms in total. The minimum Gasteiger partial charge on any atom is -0.465 e. The average Bonchev–Trinajstić information content (AvgIpc) is 2.38. The van der Waals surface area contributed by atoms with Gasteiger partial charge in [-0.2, -0.15) is 0 Å². The van der Waals surface area contributed by atoms with Crippen molar-refractivity contribution in [3.63, 3.8) is 0 Å². The second kappa shape index (κ2) is 7.70. The molecule has 1 aliphatic rings. The van der Waals surface area contributed by atoms with Crippen LogP contribution in [0.2, 0.25) is 0 Å². The normalized spacial score (nSPS) is 17.7. The Morgan fingerprint density at radius 1 is 1.16 bits per heavy atom. The maximum absolute atomic E-state index is 12.6. The third kappa shape index (κ3) is 5.78. The molecule has 0 amide bonds. The van der Waals surface area contributed by atoms with E-state index in [0.29, 0.717) is 0 Å². The van der Waals surface area contributed by atoms with Crippen molar-refractivity contribution >= 4 is 5.97 Å². The fraction of sp³-hybridized carbons (Fsp3) is 0.923. The van der Waals surface area contributed by atoms with E-state index in [2.05, 4.69) is 0 Å². The smallest absolute Gasteiger partial charge is 0.308 e. The summed E-state index contributed by atoms with van der Waals surface area (Å²) in [5.74, 6) is -4.29. The lowest BCUT2D eigenvalue weighted by molar-refractivity contribution is -0.150. The van der Waals surface area contributed by atoms with E-state index in [1.807, 2.05) is 0 Å². The zero-order valence-electron chi connectivity index (χ0n) is 10.8. The standard InChI is InChI=1S/C13H20F4O2/c14-12(15)13(16,17)8-4-5-9-19-11(18)10-6-2-1-3-7-10/h10,12H,1-9H2. The van der Waals surface area contributed by atoms with Crippen LogP contribution in [0.25, 0.3) is 0 Å². The lowest BCUT2D eigenvalue weighted by Crippen LogP contribution is -2.26. The van der Waals surface area contributed by atoms with Crippen LogP contribution in [0.4, 0.5) is 17.6 Å². The lowest BCUT2D eigenvalue weighted by Gasteiger charge is -2.20. The van der Waals surface area contributed by atoms with Crippen LogP contribution in [-0.2, 0) is 9.53 Å². The van der Waals surface area contributed by atoms with Gasteiger partial charge in [-0.25, -0.2) is 17.6 Å². The van der Waals surface area contributed by atoms with E-state index in [9.17, 15) is 22.4 Å². The molecule has 6 heteroatoms. The number of rotatable bonds is 7. The van der Waals surface area contributed by atoms with Crippen LogP contribution in [-0.4, -0.2) is 24.9 Å². The number of ether oxygens (including phenoxy) is 1. The molecule has 0 atom stereocenters. The van der Waals surface area contributed by atoms with Crippen LogP contribution in [0.5, 0.6) is 0 Å². The zero-order valence-corrected chi connectivity index (χ0v) is 10.8. The molecule has 1 fully saturated rings. The molecule has 19 heavy (non-hydrogen) atoms. The van der Waals surface area contributed by atoms with Gasteiger partial charge in [-0.15, -0.1) is 0 Å². The highest BCUT2D eigenvalue weighted by atomic mass is 19.3. The van der Waals surface area contributed by atoms with Gasteiger partial charge in [-0.05, 0) is 25.7 Å². The van der Waals surface area contributed by atoms with Gasteiger partial charge in [0, 0.05) is 6.42 Å². The van der Waals surface area contributed by atoms with Gasteiger partial charge in [0.2, 0.25) is 0 Å². The van der Waals surface area contributed by atoms with Crippen molar-refractivity contribution in [3.8, 4) is 0 Å². The van der Waals surface area contributed by atoms with Gasteiger partial charge in [0.15, 0.2) is 0 Å². The Bertz CT molecular complexity index is 276. The van der Waals surface area contributed by atoms with Crippen LogP contribution in [0.3, 0.4) is 0 Å². The Labute approximate surface area is 110 Å². The summed E-state index contributed by atoms with van der Waals surface area (Å²) in [4.78, 5) is 11.6. The van der Waals surface area contributed by atoms with E-state index in [4.69, 9.17) is 4.74 Å². The zero-order chi connectivity index (χ0) is 14.3. The van der Waals surface area contributed by atoms with Gasteiger partial charge in [-0.1, -0.05) is 19.3 Å². The molecular formula is C13H20F4O2. The third-order valence-corrected chi connectivity index (χ3v) is 3.41. The molecule has 1 rings (SSSR count). The number of carbonyl (C=O) groups is 1. The molecule has 0 aromatic heterocycles. The van der Waals surface area contributed by atoms with E-state index in [-0.39, 0.29) is 31.3 Å². The predicted octanol–water partition coefficient (Wildman–Crippen LogP) is 4.18. The van der Waals surface area contributed by atoms with E-state index < -0.39 is 18.8 Å². The second-order valence-corrected chi connectivity index (χ2v) is 5.02. The average molecular weight is 284 g/mol. The van der Waals surface area contributed by atoms with Gasteiger partial charge in [-0.3, -0.25) is 4.79 Å². The molecule has 0 N–H and O–H groups in total. The van der Waals surface area contributed by atoms with Crippen molar-refractivity contribution in [1.82, 2.24) is 0 Å². The summed E-state index contributed by atoms with van der Waals surface area (Å²) in [5, 5.41) is 0. The fourth-order valence-electron chi connectivity index (χ4n) is 2.20. The van der Waals surface area contributed by atoms with Crippen molar-refractivity contribution in [2.24, 2.45) is 5.92 Å². The predicted molar refractivity (Wildman–Crippen MR) is 62.3 cm³/mol. The number of carbonyl (C=O) groups excluding carboxylic acids is 1.